The summed E-state index contributed by atoms with van der Waals surface area (Å²) < 4.78 is 7.15. The van der Waals surface area contributed by atoms with Gasteiger partial charge in [0.2, 0.25) is 0 Å². The van der Waals surface area contributed by atoms with Crippen molar-refractivity contribution in [1.82, 2.24) is 10.1 Å². The highest BCUT2D eigenvalue weighted by Crippen LogP contribution is 2.37. The molecule has 1 atom stereocenters. The van der Waals surface area contributed by atoms with Crippen LogP contribution in [0.1, 0.15) is 25.2 Å². The number of nitrogens with two attached hydrogens (primary N) is 1. The maximum absolute atomic E-state index is 5.83. The molecule has 0 spiro atoms. The van der Waals surface area contributed by atoms with Crippen molar-refractivity contribution in [2.75, 3.05) is 0 Å². The minimum Gasteiger partial charge on any atom is -0.334 e. The third-order valence-electron chi connectivity index (χ3n) is 2.10. The molecule has 0 amide bonds. The number of rotatable bonds is 3. The minimum atomic E-state index is -0.168. The molecule has 0 fully saturated rings. The fourth-order valence-corrected chi connectivity index (χ4v) is 3.94. The molecular weight excluding hydrogens is 358 g/mol. The zero-order chi connectivity index (χ0) is 11.7. The maximum atomic E-state index is 5.83. The van der Waals surface area contributed by atoms with Gasteiger partial charge in [0.1, 0.15) is 0 Å². The van der Waals surface area contributed by atoms with Crippen LogP contribution >= 0.6 is 43.2 Å². The van der Waals surface area contributed by atoms with E-state index in [1.54, 1.807) is 11.3 Å². The van der Waals surface area contributed by atoms with E-state index in [4.69, 9.17) is 10.3 Å². The first-order chi connectivity index (χ1) is 7.61. The van der Waals surface area contributed by atoms with E-state index in [0.717, 1.165) is 19.6 Å². The van der Waals surface area contributed by atoms with Gasteiger partial charge in [-0.3, -0.25) is 0 Å². The van der Waals surface area contributed by atoms with Crippen molar-refractivity contribution in [3.63, 3.8) is 0 Å². The summed E-state index contributed by atoms with van der Waals surface area (Å²) >= 11 is 8.41. The van der Waals surface area contributed by atoms with Crippen molar-refractivity contribution in [2.45, 2.75) is 19.4 Å². The Kier molecular flexibility index (Phi) is 3.78. The second-order valence-corrected chi connectivity index (χ2v) is 6.96. The highest BCUT2D eigenvalue weighted by Gasteiger charge is 2.17. The monoisotopic (exact) mass is 365 g/mol. The molecule has 0 aliphatic heterocycles. The average Bonchev–Trinajstić information content (AvgIpc) is 2.83. The smallest absolute Gasteiger partial charge is 0.260 e. The standard InChI is InChI=1S/C9H9Br2N3OS/c1-2-5(12)8-13-9(15-14-8)4-3-6(10)16-7(4)11/h3,5H,2,12H2,1H3. The zero-order valence-corrected chi connectivity index (χ0v) is 12.4. The lowest BCUT2D eigenvalue weighted by Crippen LogP contribution is -2.10. The van der Waals surface area contributed by atoms with Gasteiger partial charge in [0.05, 0.1) is 19.2 Å². The van der Waals surface area contributed by atoms with Crippen molar-refractivity contribution in [3.8, 4) is 11.5 Å². The van der Waals surface area contributed by atoms with Gasteiger partial charge in [-0.05, 0) is 44.3 Å². The first-order valence-corrected chi connectivity index (χ1v) is 7.06. The molecule has 2 heterocycles. The summed E-state index contributed by atoms with van der Waals surface area (Å²) in [6, 6.07) is 1.77. The number of nitrogens with zero attached hydrogens (tertiary/aromatic N) is 2. The molecule has 2 aromatic rings. The predicted molar refractivity (Wildman–Crippen MR) is 70.2 cm³/mol. The van der Waals surface area contributed by atoms with E-state index in [1.165, 1.54) is 0 Å². The van der Waals surface area contributed by atoms with Crippen molar-refractivity contribution in [3.05, 3.63) is 19.5 Å². The molecular formula is C9H9Br2N3OS. The molecule has 16 heavy (non-hydrogen) atoms. The molecule has 0 aliphatic rings. The fraction of sp³-hybridized carbons (Fsp3) is 0.333. The molecule has 0 aliphatic carbocycles. The lowest BCUT2D eigenvalue weighted by molar-refractivity contribution is 0.415. The highest BCUT2D eigenvalue weighted by atomic mass is 79.9. The second kappa shape index (κ2) is 4.95. The largest absolute Gasteiger partial charge is 0.334 e. The molecule has 86 valence electrons. The van der Waals surface area contributed by atoms with Crippen LogP contribution in [0.15, 0.2) is 18.2 Å². The molecule has 0 aromatic carbocycles. The molecule has 7 heteroatoms. The number of hydrogen-bond donors (Lipinski definition) is 1. The first kappa shape index (κ1) is 12.2. The van der Waals surface area contributed by atoms with Crippen molar-refractivity contribution < 1.29 is 4.52 Å². The Morgan fingerprint density at radius 1 is 1.56 bits per heavy atom. The van der Waals surface area contributed by atoms with Gasteiger partial charge in [0, 0.05) is 0 Å². The van der Waals surface area contributed by atoms with Gasteiger partial charge >= 0.3 is 0 Å². The summed E-state index contributed by atoms with van der Waals surface area (Å²) in [6.45, 7) is 1.98. The molecule has 4 nitrogen and oxygen atoms in total. The van der Waals surface area contributed by atoms with E-state index in [0.29, 0.717) is 11.7 Å². The maximum Gasteiger partial charge on any atom is 0.260 e. The van der Waals surface area contributed by atoms with Crippen LogP contribution in [0.3, 0.4) is 0 Å². The van der Waals surface area contributed by atoms with Crippen LogP contribution in [0.2, 0.25) is 0 Å². The summed E-state index contributed by atoms with van der Waals surface area (Å²) in [5.41, 5.74) is 6.71. The van der Waals surface area contributed by atoms with Crippen LogP contribution < -0.4 is 5.73 Å². The molecule has 2 aromatic heterocycles. The van der Waals surface area contributed by atoms with Gasteiger partial charge in [-0.15, -0.1) is 11.3 Å². The number of halogens is 2. The Morgan fingerprint density at radius 3 is 2.88 bits per heavy atom. The number of aromatic nitrogens is 2. The summed E-state index contributed by atoms with van der Waals surface area (Å²) in [5.74, 6) is 1.04. The molecule has 0 saturated heterocycles. The van der Waals surface area contributed by atoms with Crippen molar-refractivity contribution in [2.24, 2.45) is 5.73 Å². The summed E-state index contributed by atoms with van der Waals surface area (Å²) in [5, 5.41) is 3.87. The summed E-state index contributed by atoms with van der Waals surface area (Å²) in [7, 11) is 0. The summed E-state index contributed by atoms with van der Waals surface area (Å²) in [6.07, 6.45) is 0.785. The zero-order valence-electron chi connectivity index (χ0n) is 8.41. The van der Waals surface area contributed by atoms with Gasteiger partial charge in [-0.2, -0.15) is 4.98 Å². The predicted octanol–water partition coefficient (Wildman–Crippen LogP) is 3.73. The van der Waals surface area contributed by atoms with E-state index in [9.17, 15) is 0 Å². The molecule has 0 saturated carbocycles. The third-order valence-corrected chi connectivity index (χ3v) is 4.44. The topological polar surface area (TPSA) is 64.9 Å². The van der Waals surface area contributed by atoms with Gasteiger partial charge in [0.15, 0.2) is 5.82 Å². The van der Waals surface area contributed by atoms with Crippen LogP contribution in [0.25, 0.3) is 11.5 Å². The van der Waals surface area contributed by atoms with Gasteiger partial charge in [0.25, 0.3) is 5.89 Å². The van der Waals surface area contributed by atoms with E-state index in [1.807, 2.05) is 13.0 Å². The Balaban J connectivity index is 2.35. The van der Waals surface area contributed by atoms with Crippen LogP contribution in [-0.4, -0.2) is 10.1 Å². The Bertz CT molecular complexity index is 497. The SMILES string of the molecule is CCC(N)c1noc(-c2cc(Br)sc2Br)n1. The van der Waals surface area contributed by atoms with Crippen LogP contribution in [0, 0.1) is 0 Å². The van der Waals surface area contributed by atoms with Crippen LogP contribution in [0.5, 0.6) is 0 Å². The lowest BCUT2D eigenvalue weighted by Gasteiger charge is -1.99. The van der Waals surface area contributed by atoms with E-state index < -0.39 is 0 Å². The highest BCUT2D eigenvalue weighted by molar-refractivity contribution is 9.12. The van der Waals surface area contributed by atoms with Crippen molar-refractivity contribution in [1.29, 1.82) is 0 Å². The summed E-state index contributed by atoms with van der Waals surface area (Å²) in [4.78, 5) is 4.28. The third kappa shape index (κ3) is 2.37. The van der Waals surface area contributed by atoms with Crippen molar-refractivity contribution >= 4 is 43.2 Å². The minimum absolute atomic E-state index is 0.168. The lowest BCUT2D eigenvalue weighted by atomic mass is 10.2. The number of thiophene rings is 1. The first-order valence-electron chi connectivity index (χ1n) is 4.66. The van der Waals surface area contributed by atoms with Gasteiger partial charge < -0.3 is 10.3 Å². The Labute approximate surface area is 113 Å². The molecule has 1 unspecified atom stereocenters. The number of hydrogen-bond acceptors (Lipinski definition) is 5. The second-order valence-electron chi connectivity index (χ2n) is 3.21. The average molecular weight is 367 g/mol. The van der Waals surface area contributed by atoms with E-state index >= 15 is 0 Å². The molecule has 0 bridgehead atoms. The van der Waals surface area contributed by atoms with Gasteiger partial charge in [-0.25, -0.2) is 0 Å². The van der Waals surface area contributed by atoms with Crippen LogP contribution in [0.4, 0.5) is 0 Å². The molecule has 0 radical (unpaired) electrons. The van der Waals surface area contributed by atoms with Crippen LogP contribution in [-0.2, 0) is 0 Å². The molecule has 2 rings (SSSR count). The quantitative estimate of drug-likeness (QED) is 0.898. The molecule has 2 N–H and O–H groups in total. The fourth-order valence-electron chi connectivity index (χ4n) is 1.16. The van der Waals surface area contributed by atoms with E-state index in [-0.39, 0.29) is 6.04 Å². The normalized spacial score (nSPS) is 13.0. The Morgan fingerprint density at radius 2 is 2.31 bits per heavy atom. The Hall–Kier alpha value is -0.240. The van der Waals surface area contributed by atoms with E-state index in [2.05, 4.69) is 42.0 Å². The van der Waals surface area contributed by atoms with Gasteiger partial charge in [-0.1, -0.05) is 12.1 Å².